The standard InChI is InChI=1S/C26H29FN4OS/c1-26(2,3)9-6-17-4-5-21(27)20(12-17)16-32-22-13-19(14-30-24(22)28)23-15-31-25(33-23)18-7-10-29-11-8-18/h4-5,12-15,18,29H,7-8,10-11,16H2,1-3H3,(H2,28,30). The predicted octanol–water partition coefficient (Wildman–Crippen LogP) is 5.37. The zero-order valence-electron chi connectivity index (χ0n) is 19.2. The van der Waals surface area contributed by atoms with E-state index in [0.717, 1.165) is 46.9 Å². The lowest BCUT2D eigenvalue weighted by Gasteiger charge is -2.20. The number of thiazole rings is 1. The van der Waals surface area contributed by atoms with Crippen molar-refractivity contribution in [2.24, 2.45) is 5.41 Å². The number of rotatable bonds is 5. The van der Waals surface area contributed by atoms with Gasteiger partial charge in [-0.1, -0.05) is 11.8 Å². The highest BCUT2D eigenvalue weighted by Crippen LogP contribution is 2.35. The number of nitrogens with zero attached hydrogens (tertiary/aromatic N) is 2. The molecule has 0 radical (unpaired) electrons. The Morgan fingerprint density at radius 3 is 2.73 bits per heavy atom. The molecule has 3 N–H and O–H groups in total. The molecule has 0 spiro atoms. The maximum Gasteiger partial charge on any atom is 0.166 e. The third-order valence-electron chi connectivity index (χ3n) is 5.39. The van der Waals surface area contributed by atoms with Gasteiger partial charge >= 0.3 is 0 Å². The molecule has 0 atom stereocenters. The first-order valence-corrected chi connectivity index (χ1v) is 12.0. The summed E-state index contributed by atoms with van der Waals surface area (Å²) in [5.74, 6) is 7.12. The van der Waals surface area contributed by atoms with E-state index >= 15 is 0 Å². The van der Waals surface area contributed by atoms with Gasteiger partial charge in [0.05, 0.1) is 9.88 Å². The second-order valence-corrected chi connectivity index (χ2v) is 10.4. The monoisotopic (exact) mass is 464 g/mol. The zero-order chi connectivity index (χ0) is 23.4. The molecule has 0 unspecified atom stereocenters. The highest BCUT2D eigenvalue weighted by Gasteiger charge is 2.19. The summed E-state index contributed by atoms with van der Waals surface area (Å²) in [5.41, 5.74) is 7.98. The van der Waals surface area contributed by atoms with Crippen molar-refractivity contribution >= 4 is 17.2 Å². The van der Waals surface area contributed by atoms with Crippen LogP contribution in [0.4, 0.5) is 10.2 Å². The molecule has 4 rings (SSSR count). The number of nitrogen functional groups attached to an aromatic ring is 1. The lowest BCUT2D eigenvalue weighted by atomic mass is 9.97. The van der Waals surface area contributed by atoms with Crippen LogP contribution >= 0.6 is 11.3 Å². The van der Waals surface area contributed by atoms with E-state index < -0.39 is 0 Å². The summed E-state index contributed by atoms with van der Waals surface area (Å²) in [6.07, 6.45) is 5.82. The summed E-state index contributed by atoms with van der Waals surface area (Å²) in [5, 5.41) is 4.54. The van der Waals surface area contributed by atoms with Crippen molar-refractivity contribution in [3.8, 4) is 28.0 Å². The fraction of sp³-hybridized carbons (Fsp3) is 0.385. The summed E-state index contributed by atoms with van der Waals surface area (Å²) in [6.45, 7) is 8.20. The molecule has 1 fully saturated rings. The molecule has 1 aliphatic heterocycles. The summed E-state index contributed by atoms with van der Waals surface area (Å²) in [7, 11) is 0. The summed E-state index contributed by atoms with van der Waals surface area (Å²) >= 11 is 1.68. The summed E-state index contributed by atoms with van der Waals surface area (Å²) < 4.78 is 20.3. The van der Waals surface area contributed by atoms with Crippen molar-refractivity contribution in [3.05, 3.63) is 58.6 Å². The van der Waals surface area contributed by atoms with E-state index in [-0.39, 0.29) is 23.7 Å². The largest absolute Gasteiger partial charge is 0.485 e. The molecule has 0 bridgehead atoms. The minimum atomic E-state index is -0.340. The Balaban J connectivity index is 1.50. The Morgan fingerprint density at radius 2 is 1.97 bits per heavy atom. The van der Waals surface area contributed by atoms with Gasteiger partial charge in [0.25, 0.3) is 0 Å². The Kier molecular flexibility index (Phi) is 6.96. The average molecular weight is 465 g/mol. The molecular formula is C26H29FN4OS. The average Bonchev–Trinajstić information content (AvgIpc) is 3.29. The maximum atomic E-state index is 14.4. The molecule has 2 aromatic heterocycles. The Bertz CT molecular complexity index is 1180. The Hall–Kier alpha value is -2.95. The second-order valence-electron chi connectivity index (χ2n) is 9.29. The highest BCUT2D eigenvalue weighted by molar-refractivity contribution is 7.15. The minimum Gasteiger partial charge on any atom is -0.485 e. The lowest BCUT2D eigenvalue weighted by molar-refractivity contribution is 0.300. The van der Waals surface area contributed by atoms with Gasteiger partial charge in [-0.2, -0.15) is 0 Å². The van der Waals surface area contributed by atoms with E-state index in [1.165, 1.54) is 6.07 Å². The summed E-state index contributed by atoms with van der Waals surface area (Å²) in [4.78, 5) is 9.96. The van der Waals surface area contributed by atoms with Crippen LogP contribution in [0.3, 0.4) is 0 Å². The van der Waals surface area contributed by atoms with Crippen molar-refractivity contribution in [2.75, 3.05) is 18.8 Å². The van der Waals surface area contributed by atoms with Crippen LogP contribution in [0.1, 0.15) is 55.7 Å². The molecule has 33 heavy (non-hydrogen) atoms. The number of anilines is 1. The van der Waals surface area contributed by atoms with Crippen LogP contribution in [-0.4, -0.2) is 23.1 Å². The number of hydrogen-bond acceptors (Lipinski definition) is 6. The molecule has 5 nitrogen and oxygen atoms in total. The van der Waals surface area contributed by atoms with Crippen LogP contribution in [0.15, 0.2) is 36.7 Å². The van der Waals surface area contributed by atoms with Gasteiger partial charge in [-0.3, -0.25) is 0 Å². The molecule has 3 aromatic rings. The van der Waals surface area contributed by atoms with Crippen molar-refractivity contribution in [2.45, 2.75) is 46.1 Å². The smallest absolute Gasteiger partial charge is 0.166 e. The number of halogens is 1. The number of piperidine rings is 1. The zero-order valence-corrected chi connectivity index (χ0v) is 20.1. The SMILES string of the molecule is CC(C)(C)C#Cc1ccc(F)c(COc2cc(-c3cnc(C4CCNCC4)s3)cnc2N)c1. The fourth-order valence-electron chi connectivity index (χ4n) is 3.56. The van der Waals surface area contributed by atoms with Crippen molar-refractivity contribution in [3.63, 3.8) is 0 Å². The van der Waals surface area contributed by atoms with Gasteiger partial charge in [0.15, 0.2) is 11.6 Å². The Morgan fingerprint density at radius 1 is 1.18 bits per heavy atom. The number of ether oxygens (including phenoxy) is 1. The van der Waals surface area contributed by atoms with Gasteiger partial charge in [0.2, 0.25) is 0 Å². The van der Waals surface area contributed by atoms with Crippen molar-refractivity contribution in [1.29, 1.82) is 0 Å². The molecule has 1 saturated heterocycles. The molecule has 0 amide bonds. The summed E-state index contributed by atoms with van der Waals surface area (Å²) in [6, 6.07) is 6.67. The molecule has 1 aliphatic rings. The van der Waals surface area contributed by atoms with Gasteiger partial charge in [-0.05, 0) is 71.0 Å². The van der Waals surface area contributed by atoms with Crippen LogP contribution < -0.4 is 15.8 Å². The van der Waals surface area contributed by atoms with Gasteiger partial charge in [-0.15, -0.1) is 11.3 Å². The van der Waals surface area contributed by atoms with Crippen LogP contribution in [0.2, 0.25) is 0 Å². The molecule has 7 heteroatoms. The molecular weight excluding hydrogens is 435 g/mol. The van der Waals surface area contributed by atoms with Gasteiger partial charge in [0, 0.05) is 40.4 Å². The normalized spacial score (nSPS) is 14.5. The third-order valence-corrected chi connectivity index (χ3v) is 6.60. The van der Waals surface area contributed by atoms with E-state index in [9.17, 15) is 4.39 Å². The first kappa shape index (κ1) is 23.2. The first-order chi connectivity index (χ1) is 15.8. The van der Waals surface area contributed by atoms with E-state index in [4.69, 9.17) is 10.5 Å². The van der Waals surface area contributed by atoms with E-state index in [1.54, 1.807) is 29.7 Å². The number of hydrogen-bond donors (Lipinski definition) is 2. The number of benzene rings is 1. The number of aromatic nitrogens is 2. The molecule has 172 valence electrons. The number of nitrogens with two attached hydrogens (primary N) is 1. The van der Waals surface area contributed by atoms with Crippen molar-refractivity contribution < 1.29 is 9.13 Å². The van der Waals surface area contributed by atoms with Crippen molar-refractivity contribution in [1.82, 2.24) is 15.3 Å². The number of pyridine rings is 1. The van der Waals surface area contributed by atoms with Gasteiger partial charge in [0.1, 0.15) is 12.4 Å². The van der Waals surface area contributed by atoms with Crippen LogP contribution in [0.5, 0.6) is 5.75 Å². The fourth-order valence-corrected chi connectivity index (χ4v) is 4.63. The van der Waals surface area contributed by atoms with Gasteiger partial charge in [-0.25, -0.2) is 14.4 Å². The molecule has 0 saturated carbocycles. The van der Waals surface area contributed by atoms with Crippen LogP contribution in [0.25, 0.3) is 10.4 Å². The lowest BCUT2D eigenvalue weighted by Crippen LogP contribution is -2.26. The topological polar surface area (TPSA) is 73.1 Å². The quantitative estimate of drug-likeness (QED) is 0.497. The van der Waals surface area contributed by atoms with E-state index in [2.05, 4.69) is 27.1 Å². The second kappa shape index (κ2) is 9.90. The maximum absolute atomic E-state index is 14.4. The highest BCUT2D eigenvalue weighted by atomic mass is 32.1. The van der Waals surface area contributed by atoms with E-state index in [1.807, 2.05) is 33.0 Å². The predicted molar refractivity (Wildman–Crippen MR) is 132 cm³/mol. The van der Waals surface area contributed by atoms with Gasteiger partial charge < -0.3 is 15.8 Å². The molecule has 3 heterocycles. The Labute approximate surface area is 198 Å². The third kappa shape index (κ3) is 6.10. The minimum absolute atomic E-state index is 0.0369. The number of nitrogens with one attached hydrogen (secondary N) is 1. The molecule has 1 aromatic carbocycles. The van der Waals surface area contributed by atoms with Crippen LogP contribution in [0, 0.1) is 23.1 Å². The van der Waals surface area contributed by atoms with E-state index in [0.29, 0.717) is 17.2 Å². The molecule has 0 aliphatic carbocycles. The van der Waals surface area contributed by atoms with Crippen LogP contribution in [-0.2, 0) is 6.61 Å². The first-order valence-electron chi connectivity index (χ1n) is 11.2.